The molecule has 3 aromatic carbocycles. The largest absolute Gasteiger partial charge is 0.502 e. The van der Waals surface area contributed by atoms with Crippen LogP contribution in [0.2, 0.25) is 0 Å². The predicted molar refractivity (Wildman–Crippen MR) is 122 cm³/mol. The van der Waals surface area contributed by atoms with E-state index in [1.807, 2.05) is 19.1 Å². The van der Waals surface area contributed by atoms with Gasteiger partial charge in [-0.15, -0.1) is 0 Å². The average Bonchev–Trinajstić information content (AvgIpc) is 2.80. The number of anilines is 1. The molecule has 33 heavy (non-hydrogen) atoms. The number of nitrogens with zero attached hydrogens (tertiary/aromatic N) is 2. The average molecular weight is 448 g/mol. The monoisotopic (exact) mass is 448 g/mol. The quantitative estimate of drug-likeness (QED) is 0.286. The number of carbonyl (C=O) groups is 2. The van der Waals surface area contributed by atoms with Gasteiger partial charge < -0.3 is 15.2 Å². The van der Waals surface area contributed by atoms with E-state index < -0.39 is 22.3 Å². The third-order valence-electron chi connectivity index (χ3n) is 4.59. The van der Waals surface area contributed by atoms with Crippen LogP contribution in [0.4, 0.5) is 11.4 Å². The van der Waals surface area contributed by atoms with Crippen molar-refractivity contribution in [2.24, 2.45) is 5.10 Å². The number of carbonyl (C=O) groups excluding carboxylic acids is 2. The first kappa shape index (κ1) is 22.9. The minimum Gasteiger partial charge on any atom is -0.502 e. The van der Waals surface area contributed by atoms with Crippen molar-refractivity contribution in [1.82, 2.24) is 5.43 Å². The Morgan fingerprint density at radius 1 is 1.06 bits per heavy atom. The predicted octanol–water partition coefficient (Wildman–Crippen LogP) is 3.63. The van der Waals surface area contributed by atoms with Gasteiger partial charge in [-0.05, 0) is 43.3 Å². The molecule has 3 aromatic rings. The lowest BCUT2D eigenvalue weighted by Gasteiger charge is -2.07. The molecule has 0 fully saturated rings. The second kappa shape index (κ2) is 10.1. The number of amides is 2. The molecule has 0 saturated heterocycles. The molecule has 0 aliphatic heterocycles. The molecule has 3 rings (SSSR count). The van der Waals surface area contributed by atoms with Crippen LogP contribution in [-0.2, 0) is 0 Å². The molecule has 0 unspecified atom stereocenters. The number of hydrazone groups is 1. The SMILES string of the molecule is COc1cc(/C=N/NC(=O)c2cccc(NC(=O)c3ccc(C)cc3)c2)c(O)c([N+](=O)[O-])c1. The van der Waals surface area contributed by atoms with E-state index in [9.17, 15) is 24.8 Å². The van der Waals surface area contributed by atoms with Gasteiger partial charge in [0.2, 0.25) is 5.75 Å². The molecule has 0 aromatic heterocycles. The molecule has 0 spiro atoms. The van der Waals surface area contributed by atoms with Gasteiger partial charge in [-0.3, -0.25) is 19.7 Å². The van der Waals surface area contributed by atoms with Crippen molar-refractivity contribution in [3.63, 3.8) is 0 Å². The minimum atomic E-state index is -0.760. The molecule has 0 aliphatic carbocycles. The van der Waals surface area contributed by atoms with E-state index in [0.29, 0.717) is 11.3 Å². The number of phenolic OH excluding ortho intramolecular Hbond substituents is 1. The maximum absolute atomic E-state index is 12.4. The highest BCUT2D eigenvalue weighted by atomic mass is 16.6. The van der Waals surface area contributed by atoms with Gasteiger partial charge in [-0.1, -0.05) is 23.8 Å². The molecule has 10 nitrogen and oxygen atoms in total. The number of ether oxygens (including phenoxy) is 1. The van der Waals surface area contributed by atoms with E-state index in [1.54, 1.807) is 24.3 Å². The van der Waals surface area contributed by atoms with Gasteiger partial charge in [0.15, 0.2) is 0 Å². The lowest BCUT2D eigenvalue weighted by molar-refractivity contribution is -0.385. The molecule has 0 bridgehead atoms. The standard InChI is InChI=1S/C23H20N4O6/c1-14-6-8-15(9-7-14)22(29)25-18-5-3-4-16(10-18)23(30)26-24-13-17-11-19(33-2)12-20(21(17)28)27(31)32/h3-13,28H,1-2H3,(H,25,29)(H,26,30)/b24-13+. The summed E-state index contributed by atoms with van der Waals surface area (Å²) in [4.78, 5) is 35.1. The molecular formula is C23H20N4O6. The second-order valence-corrected chi connectivity index (χ2v) is 6.94. The van der Waals surface area contributed by atoms with Gasteiger partial charge in [0, 0.05) is 22.4 Å². The molecule has 168 valence electrons. The van der Waals surface area contributed by atoms with Crippen molar-refractivity contribution in [2.45, 2.75) is 6.92 Å². The van der Waals surface area contributed by atoms with Gasteiger partial charge in [-0.2, -0.15) is 5.10 Å². The smallest absolute Gasteiger partial charge is 0.315 e. The van der Waals surface area contributed by atoms with E-state index in [2.05, 4.69) is 15.8 Å². The van der Waals surface area contributed by atoms with Crippen LogP contribution < -0.4 is 15.5 Å². The van der Waals surface area contributed by atoms with Crippen molar-refractivity contribution >= 4 is 29.4 Å². The molecule has 0 heterocycles. The van der Waals surface area contributed by atoms with Gasteiger partial charge >= 0.3 is 5.69 Å². The summed E-state index contributed by atoms with van der Waals surface area (Å²) in [5, 5.41) is 27.6. The highest BCUT2D eigenvalue weighted by Gasteiger charge is 2.19. The number of phenols is 1. The van der Waals surface area contributed by atoms with E-state index in [-0.39, 0.29) is 22.8 Å². The molecule has 3 N–H and O–H groups in total. The third-order valence-corrected chi connectivity index (χ3v) is 4.59. The Labute approximate surface area is 188 Å². The first-order chi connectivity index (χ1) is 15.8. The summed E-state index contributed by atoms with van der Waals surface area (Å²) >= 11 is 0. The summed E-state index contributed by atoms with van der Waals surface area (Å²) in [5.41, 5.74) is 3.85. The molecule has 0 saturated carbocycles. The van der Waals surface area contributed by atoms with Gasteiger partial charge in [0.05, 0.1) is 24.3 Å². The Balaban J connectivity index is 1.71. The van der Waals surface area contributed by atoms with E-state index in [0.717, 1.165) is 17.8 Å². The summed E-state index contributed by atoms with van der Waals surface area (Å²) in [5.74, 6) is -1.38. The Hall–Kier alpha value is -4.73. The fourth-order valence-corrected chi connectivity index (χ4v) is 2.84. The summed E-state index contributed by atoms with van der Waals surface area (Å²) in [6.45, 7) is 1.92. The summed E-state index contributed by atoms with van der Waals surface area (Å²) in [6.07, 6.45) is 1.06. The number of nitro groups is 1. The van der Waals surface area contributed by atoms with Gasteiger partial charge in [0.25, 0.3) is 11.8 Å². The highest BCUT2D eigenvalue weighted by Crippen LogP contribution is 2.33. The van der Waals surface area contributed by atoms with Crippen molar-refractivity contribution in [3.05, 3.63) is 93.0 Å². The Morgan fingerprint density at radius 3 is 2.45 bits per heavy atom. The molecule has 0 radical (unpaired) electrons. The Bertz CT molecular complexity index is 1240. The van der Waals surface area contributed by atoms with Crippen LogP contribution in [0, 0.1) is 17.0 Å². The fraction of sp³-hybridized carbons (Fsp3) is 0.0870. The second-order valence-electron chi connectivity index (χ2n) is 6.94. The normalized spacial score (nSPS) is 10.6. The maximum Gasteiger partial charge on any atom is 0.315 e. The summed E-state index contributed by atoms with van der Waals surface area (Å²) < 4.78 is 4.98. The van der Waals surface area contributed by atoms with Gasteiger partial charge in [0.1, 0.15) is 5.75 Å². The van der Waals surface area contributed by atoms with Crippen molar-refractivity contribution in [3.8, 4) is 11.5 Å². The molecular weight excluding hydrogens is 428 g/mol. The summed E-state index contributed by atoms with van der Waals surface area (Å²) in [6, 6.07) is 15.7. The van der Waals surface area contributed by atoms with E-state index in [4.69, 9.17) is 4.74 Å². The van der Waals surface area contributed by atoms with Crippen LogP contribution in [0.25, 0.3) is 0 Å². The number of rotatable bonds is 7. The van der Waals surface area contributed by atoms with E-state index >= 15 is 0 Å². The van der Waals surface area contributed by atoms with Crippen molar-refractivity contribution < 1.29 is 24.4 Å². The zero-order chi connectivity index (χ0) is 24.0. The third kappa shape index (κ3) is 5.70. The van der Waals surface area contributed by atoms with Crippen LogP contribution in [0.3, 0.4) is 0 Å². The number of benzene rings is 3. The zero-order valence-electron chi connectivity index (χ0n) is 17.7. The number of aromatic hydroxyl groups is 1. The van der Waals surface area contributed by atoms with Crippen LogP contribution in [0.1, 0.15) is 31.8 Å². The van der Waals surface area contributed by atoms with Crippen LogP contribution in [0.5, 0.6) is 11.5 Å². The first-order valence-corrected chi connectivity index (χ1v) is 9.65. The lowest BCUT2D eigenvalue weighted by atomic mass is 10.1. The first-order valence-electron chi connectivity index (χ1n) is 9.65. The Morgan fingerprint density at radius 2 is 1.79 bits per heavy atom. The number of hydrogen-bond acceptors (Lipinski definition) is 7. The fourth-order valence-electron chi connectivity index (χ4n) is 2.84. The lowest BCUT2D eigenvalue weighted by Crippen LogP contribution is -2.18. The highest BCUT2D eigenvalue weighted by molar-refractivity contribution is 6.05. The summed E-state index contributed by atoms with van der Waals surface area (Å²) in [7, 11) is 1.32. The minimum absolute atomic E-state index is 0.0135. The number of methoxy groups -OCH3 is 1. The topological polar surface area (TPSA) is 143 Å². The van der Waals surface area contributed by atoms with Crippen molar-refractivity contribution in [1.29, 1.82) is 0 Å². The maximum atomic E-state index is 12.4. The number of hydrogen-bond donors (Lipinski definition) is 3. The molecule has 2 amide bonds. The Kier molecular flexibility index (Phi) is 6.99. The van der Waals surface area contributed by atoms with E-state index in [1.165, 1.54) is 25.3 Å². The van der Waals surface area contributed by atoms with Crippen LogP contribution in [0.15, 0.2) is 65.8 Å². The van der Waals surface area contributed by atoms with Crippen molar-refractivity contribution in [2.75, 3.05) is 12.4 Å². The molecule has 0 atom stereocenters. The van der Waals surface area contributed by atoms with Gasteiger partial charge in [-0.25, -0.2) is 5.43 Å². The molecule has 0 aliphatic rings. The number of aryl methyl sites for hydroxylation is 1. The number of nitrogens with one attached hydrogen (secondary N) is 2. The number of nitro benzene ring substituents is 1. The van der Waals surface area contributed by atoms with Crippen LogP contribution in [-0.4, -0.2) is 35.2 Å². The zero-order valence-corrected chi connectivity index (χ0v) is 17.7. The van der Waals surface area contributed by atoms with Crippen LogP contribution >= 0.6 is 0 Å². The molecule has 10 heteroatoms.